The van der Waals surface area contributed by atoms with Gasteiger partial charge in [0.2, 0.25) is 11.8 Å². The zero-order valence-corrected chi connectivity index (χ0v) is 17.6. The first kappa shape index (κ1) is 18.1. The Morgan fingerprint density at radius 1 is 0.933 bits per heavy atom. The highest BCUT2D eigenvalue weighted by Gasteiger charge is 2.67. The standard InChI is InChI=1S/C24H19BrN2O3/c25-13-4-6-14(7-5-13)26-22(28)12-2-1-3-15(10-12)27-23(29)20-16-8-9-17(19-11-18(16)19)21(20)24(27)30/h1-10,16-21H,11H2,(H,26,28). The van der Waals surface area contributed by atoms with Gasteiger partial charge >= 0.3 is 0 Å². The summed E-state index contributed by atoms with van der Waals surface area (Å²) in [4.78, 5) is 40.6. The lowest BCUT2D eigenvalue weighted by molar-refractivity contribution is -0.124. The molecule has 4 aliphatic carbocycles. The molecular formula is C24H19BrN2O3. The first-order valence-corrected chi connectivity index (χ1v) is 11.1. The van der Waals surface area contributed by atoms with Gasteiger partial charge in [0.05, 0.1) is 17.5 Å². The molecule has 1 saturated heterocycles. The van der Waals surface area contributed by atoms with E-state index >= 15 is 0 Å². The fraction of sp³-hybridized carbons (Fsp3) is 0.292. The molecule has 5 aliphatic rings. The quantitative estimate of drug-likeness (QED) is 0.547. The van der Waals surface area contributed by atoms with Crippen LogP contribution in [-0.2, 0) is 9.59 Å². The molecule has 1 aliphatic heterocycles. The molecular weight excluding hydrogens is 444 g/mol. The molecule has 6 unspecified atom stereocenters. The van der Waals surface area contributed by atoms with Gasteiger partial charge < -0.3 is 5.32 Å². The highest BCUT2D eigenvalue weighted by atomic mass is 79.9. The Bertz CT molecular complexity index is 1090. The molecule has 30 heavy (non-hydrogen) atoms. The van der Waals surface area contributed by atoms with Gasteiger partial charge in [-0.3, -0.25) is 14.4 Å². The molecule has 2 aromatic rings. The predicted octanol–water partition coefficient (Wildman–Crippen LogP) is 4.26. The molecule has 3 amide bonds. The van der Waals surface area contributed by atoms with E-state index in [1.807, 2.05) is 12.1 Å². The van der Waals surface area contributed by atoms with Crippen molar-refractivity contribution in [2.75, 3.05) is 10.2 Å². The number of halogens is 1. The Labute approximate surface area is 182 Å². The largest absolute Gasteiger partial charge is 0.322 e. The van der Waals surface area contributed by atoms with E-state index in [0.29, 0.717) is 28.8 Å². The highest BCUT2D eigenvalue weighted by Crippen LogP contribution is 2.65. The van der Waals surface area contributed by atoms with Gasteiger partial charge in [0, 0.05) is 15.7 Å². The Hall–Kier alpha value is -2.73. The summed E-state index contributed by atoms with van der Waals surface area (Å²) in [5.74, 6) is 0.541. The van der Waals surface area contributed by atoms with E-state index in [1.54, 1.807) is 36.4 Å². The molecule has 7 rings (SSSR count). The molecule has 1 heterocycles. The van der Waals surface area contributed by atoms with Crippen molar-refractivity contribution in [2.24, 2.45) is 35.5 Å². The van der Waals surface area contributed by atoms with Gasteiger partial charge in [0.1, 0.15) is 0 Å². The monoisotopic (exact) mass is 462 g/mol. The summed E-state index contributed by atoms with van der Waals surface area (Å²) < 4.78 is 0.927. The molecule has 0 spiro atoms. The molecule has 5 nitrogen and oxygen atoms in total. The Morgan fingerprint density at radius 3 is 2.20 bits per heavy atom. The van der Waals surface area contributed by atoms with Crippen LogP contribution in [0.1, 0.15) is 16.8 Å². The van der Waals surface area contributed by atoms with Gasteiger partial charge in [-0.1, -0.05) is 34.1 Å². The van der Waals surface area contributed by atoms with Crippen LogP contribution >= 0.6 is 15.9 Å². The van der Waals surface area contributed by atoms with Gasteiger partial charge in [0.15, 0.2) is 0 Å². The first-order chi connectivity index (χ1) is 14.5. The number of hydrogen-bond donors (Lipinski definition) is 1. The lowest BCUT2D eigenvalue weighted by Gasteiger charge is -2.37. The average molecular weight is 463 g/mol. The van der Waals surface area contributed by atoms with Gasteiger partial charge in [-0.2, -0.15) is 0 Å². The SMILES string of the molecule is O=C(Nc1ccc(Br)cc1)c1cccc(N2C(=O)C3C4C=CC(C5CC45)C3C2=O)c1. The fourth-order valence-corrected chi connectivity index (χ4v) is 6.00. The van der Waals surface area contributed by atoms with Crippen molar-refractivity contribution in [3.05, 3.63) is 70.7 Å². The highest BCUT2D eigenvalue weighted by molar-refractivity contribution is 9.10. The van der Waals surface area contributed by atoms with Crippen LogP contribution in [0.3, 0.4) is 0 Å². The third-order valence-electron chi connectivity index (χ3n) is 7.13. The van der Waals surface area contributed by atoms with Crippen LogP contribution in [0.5, 0.6) is 0 Å². The maximum absolute atomic E-state index is 13.3. The van der Waals surface area contributed by atoms with E-state index in [1.165, 1.54) is 4.90 Å². The molecule has 2 aromatic carbocycles. The molecule has 0 radical (unpaired) electrons. The Balaban J connectivity index is 1.28. The van der Waals surface area contributed by atoms with Crippen LogP contribution < -0.4 is 10.2 Å². The van der Waals surface area contributed by atoms with Crippen molar-refractivity contribution in [1.29, 1.82) is 0 Å². The number of allylic oxidation sites excluding steroid dienone is 2. The summed E-state index contributed by atoms with van der Waals surface area (Å²) in [6.07, 6.45) is 5.47. The number of benzene rings is 2. The minimum atomic E-state index is -0.279. The molecule has 0 aromatic heterocycles. The lowest BCUT2D eigenvalue weighted by atomic mass is 9.63. The van der Waals surface area contributed by atoms with Crippen LogP contribution in [0, 0.1) is 35.5 Å². The van der Waals surface area contributed by atoms with Gasteiger partial charge in [-0.15, -0.1) is 0 Å². The summed E-state index contributed by atoms with van der Waals surface area (Å²) in [5, 5.41) is 2.85. The van der Waals surface area contributed by atoms with Gasteiger partial charge in [0.25, 0.3) is 5.91 Å². The van der Waals surface area contributed by atoms with E-state index < -0.39 is 0 Å². The van der Waals surface area contributed by atoms with Crippen molar-refractivity contribution in [3.63, 3.8) is 0 Å². The molecule has 2 bridgehead atoms. The molecule has 6 atom stereocenters. The predicted molar refractivity (Wildman–Crippen MR) is 116 cm³/mol. The van der Waals surface area contributed by atoms with Crippen molar-refractivity contribution >= 4 is 45.0 Å². The number of nitrogens with one attached hydrogen (secondary N) is 1. The van der Waals surface area contributed by atoms with Crippen LogP contribution in [0.25, 0.3) is 0 Å². The maximum Gasteiger partial charge on any atom is 0.255 e. The number of rotatable bonds is 3. The van der Waals surface area contributed by atoms with Crippen LogP contribution in [0.2, 0.25) is 0 Å². The molecule has 150 valence electrons. The van der Waals surface area contributed by atoms with Crippen molar-refractivity contribution in [2.45, 2.75) is 6.42 Å². The maximum atomic E-state index is 13.3. The van der Waals surface area contributed by atoms with Crippen LogP contribution in [-0.4, -0.2) is 17.7 Å². The Morgan fingerprint density at radius 2 is 1.57 bits per heavy atom. The number of carbonyl (C=O) groups excluding carboxylic acids is 3. The van der Waals surface area contributed by atoms with Crippen LogP contribution in [0.4, 0.5) is 11.4 Å². The number of imide groups is 1. The zero-order valence-electron chi connectivity index (χ0n) is 16.0. The minimum Gasteiger partial charge on any atom is -0.322 e. The Kier molecular flexibility index (Phi) is 3.84. The number of hydrogen-bond acceptors (Lipinski definition) is 3. The lowest BCUT2D eigenvalue weighted by Crippen LogP contribution is -2.40. The van der Waals surface area contributed by atoms with Crippen molar-refractivity contribution < 1.29 is 14.4 Å². The number of amides is 3. The second-order valence-electron chi connectivity index (χ2n) is 8.68. The van der Waals surface area contributed by atoms with E-state index in [2.05, 4.69) is 33.4 Å². The van der Waals surface area contributed by atoms with Gasteiger partial charge in [-0.05, 0) is 72.6 Å². The second kappa shape index (κ2) is 6.38. The fourth-order valence-electron chi connectivity index (χ4n) is 5.73. The molecule has 1 N–H and O–H groups in total. The smallest absolute Gasteiger partial charge is 0.255 e. The van der Waals surface area contributed by atoms with E-state index in [4.69, 9.17) is 0 Å². The van der Waals surface area contributed by atoms with Gasteiger partial charge in [-0.25, -0.2) is 4.90 Å². The average Bonchev–Trinajstić information content (AvgIpc) is 3.53. The summed E-state index contributed by atoms with van der Waals surface area (Å²) in [6, 6.07) is 14.1. The minimum absolute atomic E-state index is 0.111. The topological polar surface area (TPSA) is 66.5 Å². The number of nitrogens with zero attached hydrogens (tertiary/aromatic N) is 1. The van der Waals surface area contributed by atoms with E-state index in [9.17, 15) is 14.4 Å². The zero-order chi connectivity index (χ0) is 20.6. The van der Waals surface area contributed by atoms with Crippen LogP contribution in [0.15, 0.2) is 65.2 Å². The third-order valence-corrected chi connectivity index (χ3v) is 7.66. The molecule has 2 saturated carbocycles. The van der Waals surface area contributed by atoms with Crippen molar-refractivity contribution in [1.82, 2.24) is 0 Å². The first-order valence-electron chi connectivity index (χ1n) is 10.3. The normalized spacial score (nSPS) is 32.8. The summed E-state index contributed by atoms with van der Waals surface area (Å²) in [6.45, 7) is 0. The van der Waals surface area contributed by atoms with E-state index in [0.717, 1.165) is 10.9 Å². The van der Waals surface area contributed by atoms with Crippen molar-refractivity contribution in [3.8, 4) is 0 Å². The second-order valence-corrected chi connectivity index (χ2v) is 9.59. The van der Waals surface area contributed by atoms with E-state index in [-0.39, 0.29) is 41.4 Å². The number of anilines is 2. The molecule has 3 fully saturated rings. The summed E-state index contributed by atoms with van der Waals surface area (Å²) in [7, 11) is 0. The summed E-state index contributed by atoms with van der Waals surface area (Å²) >= 11 is 3.37. The molecule has 6 heteroatoms. The number of carbonyl (C=O) groups is 3. The third kappa shape index (κ3) is 2.56. The summed E-state index contributed by atoms with van der Waals surface area (Å²) in [5.41, 5.74) is 1.57.